The molecule has 1 N–H and O–H groups in total. The second kappa shape index (κ2) is 13.3. The zero-order chi connectivity index (χ0) is 29.8. The van der Waals surface area contributed by atoms with Gasteiger partial charge in [0.25, 0.3) is 0 Å². The van der Waals surface area contributed by atoms with Crippen LogP contribution in [0.3, 0.4) is 0 Å². The Kier molecular flexibility index (Phi) is 9.32. The van der Waals surface area contributed by atoms with Crippen LogP contribution in [0.25, 0.3) is 10.9 Å². The van der Waals surface area contributed by atoms with Crippen LogP contribution in [0, 0.1) is 5.41 Å². The lowest BCUT2D eigenvalue weighted by molar-refractivity contribution is -0.154. The number of carbonyl (C=O) groups is 1. The van der Waals surface area contributed by atoms with Crippen molar-refractivity contribution in [1.82, 2.24) is 19.8 Å². The first-order chi connectivity index (χ1) is 21.0. The molecular formula is C32H44N6O4S. The second-order valence-corrected chi connectivity index (χ2v) is 13.0. The van der Waals surface area contributed by atoms with Crippen LogP contribution in [-0.4, -0.2) is 110 Å². The largest absolute Gasteiger partial charge is 0.494 e. The number of carboxylic acids is 1. The highest BCUT2D eigenvalue weighted by atomic mass is 32.1. The molecule has 0 saturated carbocycles. The van der Waals surface area contributed by atoms with E-state index in [1.54, 1.807) is 18.4 Å². The molecule has 232 valence electrons. The molecule has 0 amide bonds. The van der Waals surface area contributed by atoms with Crippen LogP contribution in [0.4, 0.5) is 10.8 Å². The number of hydrogen-bond acceptors (Lipinski definition) is 10. The van der Waals surface area contributed by atoms with Gasteiger partial charge in [-0.15, -0.1) is 11.3 Å². The number of morpholine rings is 1. The number of rotatable bonds is 10. The standard InChI is InChI=1S/C32H44N6O4S/c1-32(30(39)40,10-16-35-12-3-4-13-35)29(25-23-43-31(34-25)38-19-21-42-22-20-38)37-15-6-14-36(17-18-37)28-26(41-2)9-8-24-7-5-11-33-27(24)28/h5,7-9,11,23,29H,3-4,6,10,12-22H2,1-2H3,(H,39,40). The van der Waals surface area contributed by atoms with Gasteiger partial charge in [-0.1, -0.05) is 6.07 Å². The molecule has 1 aromatic carbocycles. The van der Waals surface area contributed by atoms with Crippen LogP contribution >= 0.6 is 11.3 Å². The second-order valence-electron chi connectivity index (χ2n) is 12.1. The molecule has 3 saturated heterocycles. The van der Waals surface area contributed by atoms with E-state index in [1.165, 1.54) is 12.8 Å². The van der Waals surface area contributed by atoms with Crippen molar-refractivity contribution in [2.75, 3.05) is 89.0 Å². The molecule has 0 bridgehead atoms. The van der Waals surface area contributed by atoms with E-state index in [4.69, 9.17) is 19.4 Å². The molecule has 3 aliphatic heterocycles. The topological polar surface area (TPSA) is 94.5 Å². The Bertz CT molecular complexity index is 1390. The van der Waals surface area contributed by atoms with Gasteiger partial charge < -0.3 is 29.3 Å². The molecule has 0 spiro atoms. The molecule has 10 nitrogen and oxygen atoms in total. The zero-order valence-corrected chi connectivity index (χ0v) is 26.2. The first kappa shape index (κ1) is 30.1. The Balaban J connectivity index is 1.31. The predicted octanol–water partition coefficient (Wildman–Crippen LogP) is 4.37. The summed E-state index contributed by atoms with van der Waals surface area (Å²) in [5.74, 6) is 0.0606. The molecule has 2 unspecified atom stereocenters. The van der Waals surface area contributed by atoms with Crippen LogP contribution in [-0.2, 0) is 9.53 Å². The van der Waals surface area contributed by atoms with Crippen molar-refractivity contribution < 1.29 is 19.4 Å². The number of methoxy groups -OCH3 is 1. The van der Waals surface area contributed by atoms with Gasteiger partial charge in [0.2, 0.25) is 0 Å². The number of benzene rings is 1. The third-order valence-corrected chi connectivity index (χ3v) is 10.4. The third kappa shape index (κ3) is 6.31. The molecule has 2 aromatic heterocycles. The van der Waals surface area contributed by atoms with Crippen molar-refractivity contribution in [3.8, 4) is 5.75 Å². The lowest BCUT2D eigenvalue weighted by Gasteiger charge is -2.41. The summed E-state index contributed by atoms with van der Waals surface area (Å²) in [6.45, 7) is 10.9. The summed E-state index contributed by atoms with van der Waals surface area (Å²) in [5, 5.41) is 15.0. The van der Waals surface area contributed by atoms with Gasteiger partial charge in [0.1, 0.15) is 11.4 Å². The number of carboxylic acid groups (broad SMARTS) is 1. The molecule has 5 heterocycles. The summed E-state index contributed by atoms with van der Waals surface area (Å²) in [7, 11) is 1.71. The van der Waals surface area contributed by atoms with Crippen LogP contribution in [0.1, 0.15) is 44.3 Å². The molecule has 11 heteroatoms. The van der Waals surface area contributed by atoms with Crippen molar-refractivity contribution in [2.45, 2.75) is 38.6 Å². The van der Waals surface area contributed by atoms with Gasteiger partial charge in [0, 0.05) is 56.2 Å². The SMILES string of the molecule is COc1ccc2cccnc2c1N1CCCN(C(c2csc(N3CCOCC3)n2)C(C)(CCN2CCCC2)C(=O)O)CC1. The molecule has 3 aromatic rings. The Morgan fingerprint density at radius 1 is 1.05 bits per heavy atom. The predicted molar refractivity (Wildman–Crippen MR) is 171 cm³/mol. The highest BCUT2D eigenvalue weighted by Crippen LogP contribution is 2.44. The van der Waals surface area contributed by atoms with Gasteiger partial charge in [-0.2, -0.15) is 0 Å². The number of thiazole rings is 1. The molecular weight excluding hydrogens is 564 g/mol. The van der Waals surface area contributed by atoms with Crippen molar-refractivity contribution in [3.05, 3.63) is 41.5 Å². The van der Waals surface area contributed by atoms with Gasteiger partial charge in [-0.25, -0.2) is 4.98 Å². The number of likely N-dealkylation sites (tertiary alicyclic amines) is 1. The summed E-state index contributed by atoms with van der Waals surface area (Å²) in [6.07, 6.45) is 5.69. The summed E-state index contributed by atoms with van der Waals surface area (Å²) >= 11 is 1.62. The summed E-state index contributed by atoms with van der Waals surface area (Å²) in [4.78, 5) is 32.6. The van der Waals surface area contributed by atoms with E-state index in [0.717, 1.165) is 91.9 Å². The molecule has 3 fully saturated rings. The number of pyridine rings is 1. The van der Waals surface area contributed by atoms with E-state index >= 15 is 0 Å². The molecule has 43 heavy (non-hydrogen) atoms. The average Bonchev–Trinajstić information content (AvgIpc) is 3.69. The first-order valence-corrected chi connectivity index (χ1v) is 16.5. The number of anilines is 2. The van der Waals surface area contributed by atoms with Crippen LogP contribution in [0.5, 0.6) is 5.75 Å². The number of hydrogen-bond donors (Lipinski definition) is 1. The maximum atomic E-state index is 13.3. The molecule has 0 aliphatic carbocycles. The molecule has 3 aliphatic rings. The highest BCUT2D eigenvalue weighted by Gasteiger charge is 2.47. The van der Waals surface area contributed by atoms with Gasteiger partial charge in [0.05, 0.1) is 43.0 Å². The van der Waals surface area contributed by atoms with Crippen LogP contribution in [0.2, 0.25) is 0 Å². The number of fused-ring (bicyclic) bond motifs is 1. The maximum absolute atomic E-state index is 13.3. The number of nitrogens with zero attached hydrogens (tertiary/aromatic N) is 6. The van der Waals surface area contributed by atoms with Crippen molar-refractivity contribution in [3.63, 3.8) is 0 Å². The number of aliphatic carboxylic acids is 1. The fraction of sp³-hybridized carbons (Fsp3) is 0.594. The van der Waals surface area contributed by atoms with E-state index < -0.39 is 11.4 Å². The van der Waals surface area contributed by atoms with Crippen molar-refractivity contribution in [1.29, 1.82) is 0 Å². The van der Waals surface area contributed by atoms with E-state index in [9.17, 15) is 9.90 Å². The number of aromatic nitrogens is 2. The molecule has 0 radical (unpaired) electrons. The molecule has 6 rings (SSSR count). The lowest BCUT2D eigenvalue weighted by Crippen LogP contribution is -2.47. The van der Waals surface area contributed by atoms with Crippen molar-refractivity contribution in [2.24, 2.45) is 5.41 Å². The minimum Gasteiger partial charge on any atom is -0.494 e. The minimum atomic E-state index is -0.993. The monoisotopic (exact) mass is 608 g/mol. The Hall–Kier alpha value is -2.99. The van der Waals surface area contributed by atoms with Crippen LogP contribution in [0.15, 0.2) is 35.8 Å². The van der Waals surface area contributed by atoms with E-state index in [2.05, 4.69) is 37.1 Å². The Morgan fingerprint density at radius 2 is 1.86 bits per heavy atom. The maximum Gasteiger partial charge on any atom is 0.311 e. The summed E-state index contributed by atoms with van der Waals surface area (Å²) in [5.41, 5.74) is 1.82. The highest BCUT2D eigenvalue weighted by molar-refractivity contribution is 7.13. The summed E-state index contributed by atoms with van der Waals surface area (Å²) in [6, 6.07) is 7.77. The first-order valence-electron chi connectivity index (χ1n) is 15.6. The van der Waals surface area contributed by atoms with E-state index in [0.29, 0.717) is 26.2 Å². The van der Waals surface area contributed by atoms with Crippen molar-refractivity contribution >= 4 is 39.0 Å². The zero-order valence-electron chi connectivity index (χ0n) is 25.4. The van der Waals surface area contributed by atoms with Gasteiger partial charge in [-0.3, -0.25) is 14.7 Å². The number of ether oxygens (including phenoxy) is 2. The summed E-state index contributed by atoms with van der Waals surface area (Å²) < 4.78 is 11.4. The fourth-order valence-electron chi connectivity index (χ4n) is 6.98. The van der Waals surface area contributed by atoms with Gasteiger partial charge in [-0.05, 0) is 70.4 Å². The fourth-order valence-corrected chi connectivity index (χ4v) is 7.87. The Morgan fingerprint density at radius 3 is 2.63 bits per heavy atom. The van der Waals surface area contributed by atoms with E-state index in [-0.39, 0.29) is 6.04 Å². The van der Waals surface area contributed by atoms with Crippen LogP contribution < -0.4 is 14.5 Å². The normalized spacial score (nSPS) is 21.1. The Labute approximate surface area is 258 Å². The quantitative estimate of drug-likeness (QED) is 0.358. The average molecular weight is 609 g/mol. The third-order valence-electron chi connectivity index (χ3n) is 9.45. The lowest BCUT2D eigenvalue weighted by atomic mass is 9.76. The minimum absolute atomic E-state index is 0.342. The van der Waals surface area contributed by atoms with E-state index in [1.807, 2.05) is 25.3 Å². The van der Waals surface area contributed by atoms with Gasteiger partial charge >= 0.3 is 5.97 Å². The van der Waals surface area contributed by atoms with Gasteiger partial charge in [0.15, 0.2) is 5.13 Å². The molecule has 2 atom stereocenters. The smallest absolute Gasteiger partial charge is 0.311 e.